The lowest BCUT2D eigenvalue weighted by atomic mass is 10.4. The molecule has 0 aliphatic rings. The van der Waals surface area contributed by atoms with Gasteiger partial charge in [-0.05, 0) is 12.8 Å². The van der Waals surface area contributed by atoms with Crippen LogP contribution in [-0.4, -0.2) is 36.2 Å². The van der Waals surface area contributed by atoms with Crippen molar-refractivity contribution in [3.63, 3.8) is 0 Å². The molecule has 0 saturated carbocycles. The maximum atomic E-state index is 2.45. The van der Waals surface area contributed by atoms with E-state index in [1.165, 1.54) is 25.9 Å². The summed E-state index contributed by atoms with van der Waals surface area (Å²) in [4.78, 5) is 0. The Labute approximate surface area is 77.5 Å². The lowest BCUT2D eigenvalue weighted by Gasteiger charge is -2.32. The van der Waals surface area contributed by atoms with Gasteiger partial charge >= 0.3 is 0 Å². The van der Waals surface area contributed by atoms with E-state index in [2.05, 4.69) is 37.7 Å². The number of hydrogen-bond acceptors (Lipinski definition) is 2. The third-order valence-electron chi connectivity index (χ3n) is 2.09. The second-order valence-corrected chi connectivity index (χ2v) is 3.09. The van der Waals surface area contributed by atoms with Crippen molar-refractivity contribution in [2.24, 2.45) is 0 Å². The first kappa shape index (κ1) is 11.9. The topological polar surface area (TPSA) is 6.48 Å². The number of nitrogens with zero attached hydrogens (tertiary/aromatic N) is 2. The van der Waals surface area contributed by atoms with Crippen LogP contribution in [0.25, 0.3) is 0 Å². The van der Waals surface area contributed by atoms with Gasteiger partial charge in [0.05, 0.1) is 0 Å². The molecule has 0 atom stereocenters. The second kappa shape index (κ2) is 7.56. The standard InChI is InChI=1S/C10H24N2/c1-5-9-11(7-3)12(8-4)10-6-2/h5-10H2,1-4H3. The van der Waals surface area contributed by atoms with Gasteiger partial charge in [-0.25, -0.2) is 10.0 Å². The van der Waals surface area contributed by atoms with E-state index in [4.69, 9.17) is 0 Å². The summed E-state index contributed by atoms with van der Waals surface area (Å²) in [5.74, 6) is 0. The second-order valence-electron chi connectivity index (χ2n) is 3.09. The predicted octanol–water partition coefficient (Wildman–Crippen LogP) is 2.37. The first-order valence-electron chi connectivity index (χ1n) is 5.29. The summed E-state index contributed by atoms with van der Waals surface area (Å²) in [5.41, 5.74) is 0. The van der Waals surface area contributed by atoms with Crippen molar-refractivity contribution < 1.29 is 0 Å². The van der Waals surface area contributed by atoms with Crippen LogP contribution in [0.3, 0.4) is 0 Å². The van der Waals surface area contributed by atoms with E-state index >= 15 is 0 Å². The number of hydrazine groups is 1. The Balaban J connectivity index is 3.84. The average Bonchev–Trinajstić information content (AvgIpc) is 2.11. The molecule has 2 nitrogen and oxygen atoms in total. The van der Waals surface area contributed by atoms with Crippen molar-refractivity contribution in [3.05, 3.63) is 0 Å². The molecule has 0 aromatic rings. The minimum absolute atomic E-state index is 1.14. The first-order valence-corrected chi connectivity index (χ1v) is 5.29. The molecule has 0 radical (unpaired) electrons. The molecule has 0 fully saturated rings. The minimum Gasteiger partial charge on any atom is -0.242 e. The molecule has 0 bridgehead atoms. The van der Waals surface area contributed by atoms with Gasteiger partial charge in [-0.3, -0.25) is 0 Å². The van der Waals surface area contributed by atoms with Crippen LogP contribution in [-0.2, 0) is 0 Å². The summed E-state index contributed by atoms with van der Waals surface area (Å²) in [6.45, 7) is 13.6. The highest BCUT2D eigenvalue weighted by Gasteiger charge is 2.08. The molecule has 0 aromatic carbocycles. The molecule has 0 spiro atoms. The first-order chi connectivity index (χ1) is 5.79. The van der Waals surface area contributed by atoms with Gasteiger partial charge in [0.2, 0.25) is 0 Å². The molecular weight excluding hydrogens is 148 g/mol. The fourth-order valence-corrected chi connectivity index (χ4v) is 1.52. The van der Waals surface area contributed by atoms with Gasteiger partial charge in [-0.2, -0.15) is 0 Å². The molecule has 0 amide bonds. The maximum Gasteiger partial charge on any atom is 0.0130 e. The Morgan fingerprint density at radius 3 is 1.17 bits per heavy atom. The Hall–Kier alpha value is -0.0800. The molecule has 12 heavy (non-hydrogen) atoms. The van der Waals surface area contributed by atoms with Crippen molar-refractivity contribution in [1.82, 2.24) is 10.0 Å². The summed E-state index contributed by atoms with van der Waals surface area (Å²) in [6, 6.07) is 0. The summed E-state index contributed by atoms with van der Waals surface area (Å²) in [7, 11) is 0. The molecule has 0 heterocycles. The Bertz CT molecular complexity index is 81.8. The number of hydrogen-bond donors (Lipinski definition) is 0. The van der Waals surface area contributed by atoms with Crippen LogP contribution >= 0.6 is 0 Å². The SMILES string of the molecule is CCCN(CC)N(CC)CCC. The van der Waals surface area contributed by atoms with E-state index in [1.54, 1.807) is 0 Å². The average molecular weight is 172 g/mol. The molecule has 0 aromatic heterocycles. The molecule has 2 heteroatoms. The quantitative estimate of drug-likeness (QED) is 0.544. The van der Waals surface area contributed by atoms with E-state index in [1.807, 2.05) is 0 Å². The molecule has 74 valence electrons. The van der Waals surface area contributed by atoms with Crippen LogP contribution < -0.4 is 0 Å². The van der Waals surface area contributed by atoms with Crippen molar-refractivity contribution in [2.45, 2.75) is 40.5 Å². The molecule has 0 unspecified atom stereocenters. The largest absolute Gasteiger partial charge is 0.242 e. The molecular formula is C10H24N2. The maximum absolute atomic E-state index is 2.45. The zero-order valence-corrected chi connectivity index (χ0v) is 9.14. The van der Waals surface area contributed by atoms with E-state index in [-0.39, 0.29) is 0 Å². The van der Waals surface area contributed by atoms with Crippen molar-refractivity contribution in [3.8, 4) is 0 Å². The van der Waals surface area contributed by atoms with Crippen LogP contribution in [0.5, 0.6) is 0 Å². The van der Waals surface area contributed by atoms with Crippen molar-refractivity contribution in [2.75, 3.05) is 26.2 Å². The van der Waals surface area contributed by atoms with Crippen molar-refractivity contribution >= 4 is 0 Å². The van der Waals surface area contributed by atoms with Gasteiger partial charge in [-0.15, -0.1) is 0 Å². The Morgan fingerprint density at radius 2 is 1.00 bits per heavy atom. The monoisotopic (exact) mass is 172 g/mol. The van der Waals surface area contributed by atoms with Crippen LogP contribution in [0.1, 0.15) is 40.5 Å². The lowest BCUT2D eigenvalue weighted by molar-refractivity contribution is -0.0161. The van der Waals surface area contributed by atoms with Crippen molar-refractivity contribution in [1.29, 1.82) is 0 Å². The summed E-state index contributed by atoms with van der Waals surface area (Å²) < 4.78 is 0. The third kappa shape index (κ3) is 4.07. The van der Waals surface area contributed by atoms with E-state index in [9.17, 15) is 0 Å². The lowest BCUT2D eigenvalue weighted by Crippen LogP contribution is -2.43. The smallest absolute Gasteiger partial charge is 0.0130 e. The van der Waals surface area contributed by atoms with E-state index < -0.39 is 0 Å². The predicted molar refractivity (Wildman–Crippen MR) is 55.1 cm³/mol. The zero-order valence-electron chi connectivity index (χ0n) is 9.14. The fourth-order valence-electron chi connectivity index (χ4n) is 1.52. The molecule has 0 saturated heterocycles. The number of rotatable bonds is 7. The van der Waals surface area contributed by atoms with Gasteiger partial charge in [-0.1, -0.05) is 27.7 Å². The highest BCUT2D eigenvalue weighted by molar-refractivity contribution is 4.53. The zero-order chi connectivity index (χ0) is 9.40. The third-order valence-corrected chi connectivity index (χ3v) is 2.09. The summed E-state index contributed by atoms with van der Waals surface area (Å²) >= 11 is 0. The molecule has 0 aliphatic heterocycles. The minimum atomic E-state index is 1.14. The highest BCUT2D eigenvalue weighted by atomic mass is 15.6. The van der Waals surface area contributed by atoms with Crippen LogP contribution in [0.2, 0.25) is 0 Å². The Kier molecular flexibility index (Phi) is 7.51. The normalized spacial score (nSPS) is 11.5. The van der Waals surface area contributed by atoms with Crippen LogP contribution in [0.4, 0.5) is 0 Å². The van der Waals surface area contributed by atoms with E-state index in [0.29, 0.717) is 0 Å². The van der Waals surface area contributed by atoms with Gasteiger partial charge in [0, 0.05) is 26.2 Å². The summed E-state index contributed by atoms with van der Waals surface area (Å²) in [5, 5.41) is 4.90. The van der Waals surface area contributed by atoms with Gasteiger partial charge < -0.3 is 0 Å². The van der Waals surface area contributed by atoms with Crippen LogP contribution in [0.15, 0.2) is 0 Å². The summed E-state index contributed by atoms with van der Waals surface area (Å²) in [6.07, 6.45) is 2.49. The Morgan fingerprint density at radius 1 is 0.667 bits per heavy atom. The van der Waals surface area contributed by atoms with Gasteiger partial charge in [0.15, 0.2) is 0 Å². The van der Waals surface area contributed by atoms with Crippen LogP contribution in [0, 0.1) is 0 Å². The molecule has 0 rings (SSSR count). The molecule has 0 N–H and O–H groups in total. The van der Waals surface area contributed by atoms with Gasteiger partial charge in [0.25, 0.3) is 0 Å². The highest BCUT2D eigenvalue weighted by Crippen LogP contribution is 2.00. The van der Waals surface area contributed by atoms with Gasteiger partial charge in [0.1, 0.15) is 0 Å². The fraction of sp³-hybridized carbons (Fsp3) is 1.00. The van der Waals surface area contributed by atoms with E-state index in [0.717, 1.165) is 13.1 Å². The molecule has 0 aliphatic carbocycles.